The van der Waals surface area contributed by atoms with E-state index in [-0.39, 0.29) is 0 Å². The lowest BCUT2D eigenvalue weighted by Crippen LogP contribution is -2.03. The number of hydrogen-bond donors (Lipinski definition) is 1. The molecule has 0 aromatic carbocycles. The lowest BCUT2D eigenvalue weighted by atomic mass is 10.1. The molecule has 0 spiro atoms. The van der Waals surface area contributed by atoms with E-state index in [1.807, 2.05) is 7.05 Å². The first-order valence-corrected chi connectivity index (χ1v) is 6.25. The Hall–Kier alpha value is -0.840. The zero-order valence-corrected chi connectivity index (χ0v) is 11.5. The highest BCUT2D eigenvalue weighted by atomic mass is 79.9. The Morgan fingerprint density at radius 2 is 2.19 bits per heavy atom. The van der Waals surface area contributed by atoms with Crippen molar-refractivity contribution < 1.29 is 4.74 Å². The summed E-state index contributed by atoms with van der Waals surface area (Å²) in [7, 11) is 1.82. The second-order valence-corrected chi connectivity index (χ2v) is 4.77. The number of anilines is 1. The molecule has 0 aliphatic carbocycles. The van der Waals surface area contributed by atoms with Crippen LogP contribution in [0.25, 0.3) is 0 Å². The summed E-state index contributed by atoms with van der Waals surface area (Å²) in [6.45, 7) is 5.11. The van der Waals surface area contributed by atoms with Crippen LogP contribution in [-0.2, 0) is 0 Å². The lowest BCUT2D eigenvalue weighted by Gasteiger charge is -2.09. The van der Waals surface area contributed by atoms with Crippen molar-refractivity contribution in [2.75, 3.05) is 19.0 Å². The van der Waals surface area contributed by atoms with E-state index in [0.717, 1.165) is 16.7 Å². The fourth-order valence-electron chi connectivity index (χ4n) is 1.29. The zero-order chi connectivity index (χ0) is 12.0. The summed E-state index contributed by atoms with van der Waals surface area (Å²) < 4.78 is 6.37. The van der Waals surface area contributed by atoms with Crippen molar-refractivity contribution in [1.82, 2.24) is 9.97 Å². The van der Waals surface area contributed by atoms with Crippen molar-refractivity contribution in [1.29, 1.82) is 0 Å². The highest BCUT2D eigenvalue weighted by molar-refractivity contribution is 9.10. The molecule has 0 aliphatic heterocycles. The van der Waals surface area contributed by atoms with Gasteiger partial charge >= 0.3 is 0 Å². The largest absolute Gasteiger partial charge is 0.477 e. The summed E-state index contributed by atoms with van der Waals surface area (Å²) in [5.41, 5.74) is 0. The molecule has 5 heteroatoms. The van der Waals surface area contributed by atoms with Crippen molar-refractivity contribution in [3.63, 3.8) is 0 Å². The molecule has 1 heterocycles. The molecule has 0 amide bonds. The first-order valence-electron chi connectivity index (χ1n) is 5.46. The van der Waals surface area contributed by atoms with Crippen LogP contribution in [0.15, 0.2) is 10.8 Å². The van der Waals surface area contributed by atoms with Gasteiger partial charge in [0.15, 0.2) is 0 Å². The molecule has 0 saturated carbocycles. The van der Waals surface area contributed by atoms with E-state index in [4.69, 9.17) is 4.74 Å². The standard InChI is InChI=1S/C11H18BrN3O/c1-8(2)5-4-6-16-11-9(12)10(13-3)14-7-15-11/h7-8H,4-6H2,1-3H3,(H,13,14,15). The second-order valence-electron chi connectivity index (χ2n) is 3.98. The van der Waals surface area contributed by atoms with E-state index in [9.17, 15) is 0 Å². The summed E-state index contributed by atoms with van der Waals surface area (Å²) >= 11 is 3.41. The summed E-state index contributed by atoms with van der Waals surface area (Å²) in [5.74, 6) is 2.06. The minimum absolute atomic E-state index is 0.600. The maximum Gasteiger partial charge on any atom is 0.233 e. The maximum atomic E-state index is 5.59. The van der Waals surface area contributed by atoms with Crippen LogP contribution in [0.2, 0.25) is 0 Å². The van der Waals surface area contributed by atoms with Gasteiger partial charge in [0.2, 0.25) is 5.88 Å². The topological polar surface area (TPSA) is 47.0 Å². The molecule has 0 bridgehead atoms. The number of hydrogen-bond acceptors (Lipinski definition) is 4. The smallest absolute Gasteiger partial charge is 0.233 e. The van der Waals surface area contributed by atoms with Crippen LogP contribution < -0.4 is 10.1 Å². The van der Waals surface area contributed by atoms with Gasteiger partial charge in [-0.05, 0) is 34.7 Å². The van der Waals surface area contributed by atoms with Crippen LogP contribution in [0.5, 0.6) is 5.88 Å². The monoisotopic (exact) mass is 287 g/mol. The van der Waals surface area contributed by atoms with Crippen molar-refractivity contribution in [3.05, 3.63) is 10.8 Å². The fourth-order valence-corrected chi connectivity index (χ4v) is 1.81. The van der Waals surface area contributed by atoms with E-state index >= 15 is 0 Å². The van der Waals surface area contributed by atoms with Gasteiger partial charge < -0.3 is 10.1 Å². The normalized spacial score (nSPS) is 10.6. The summed E-state index contributed by atoms with van der Waals surface area (Å²) in [6.07, 6.45) is 3.71. The van der Waals surface area contributed by atoms with Gasteiger partial charge in [-0.25, -0.2) is 9.97 Å². The number of nitrogens with one attached hydrogen (secondary N) is 1. The molecule has 0 atom stereocenters. The SMILES string of the molecule is CNc1ncnc(OCCCC(C)C)c1Br. The molecule has 0 unspecified atom stereocenters. The average molecular weight is 288 g/mol. The Morgan fingerprint density at radius 1 is 1.44 bits per heavy atom. The highest BCUT2D eigenvalue weighted by Crippen LogP contribution is 2.27. The summed E-state index contributed by atoms with van der Waals surface area (Å²) in [4.78, 5) is 8.15. The second kappa shape index (κ2) is 6.68. The molecule has 0 fully saturated rings. The Bertz CT molecular complexity index is 331. The summed E-state index contributed by atoms with van der Waals surface area (Å²) in [5, 5.41) is 2.97. The van der Waals surface area contributed by atoms with Gasteiger partial charge in [0, 0.05) is 7.05 Å². The molecule has 1 aromatic rings. The van der Waals surface area contributed by atoms with Crippen LogP contribution in [0, 0.1) is 5.92 Å². The average Bonchev–Trinajstić information content (AvgIpc) is 2.26. The van der Waals surface area contributed by atoms with Crippen molar-refractivity contribution in [3.8, 4) is 5.88 Å². The number of aromatic nitrogens is 2. The third kappa shape index (κ3) is 3.96. The van der Waals surface area contributed by atoms with E-state index in [1.54, 1.807) is 0 Å². The van der Waals surface area contributed by atoms with Crippen molar-refractivity contribution in [2.45, 2.75) is 26.7 Å². The first kappa shape index (κ1) is 13.2. The quantitative estimate of drug-likeness (QED) is 0.817. The fraction of sp³-hybridized carbons (Fsp3) is 0.636. The van der Waals surface area contributed by atoms with Gasteiger partial charge in [0.05, 0.1) is 6.61 Å². The van der Waals surface area contributed by atoms with Crippen LogP contribution in [0.3, 0.4) is 0 Å². The maximum absolute atomic E-state index is 5.59. The molecule has 0 aliphatic rings. The molecular formula is C11H18BrN3O. The van der Waals surface area contributed by atoms with Crippen LogP contribution >= 0.6 is 15.9 Å². The number of rotatable bonds is 6. The van der Waals surface area contributed by atoms with Gasteiger partial charge in [0.1, 0.15) is 16.6 Å². The predicted molar refractivity (Wildman–Crippen MR) is 68.8 cm³/mol. The van der Waals surface area contributed by atoms with Crippen LogP contribution in [0.1, 0.15) is 26.7 Å². The Morgan fingerprint density at radius 3 is 2.81 bits per heavy atom. The lowest BCUT2D eigenvalue weighted by molar-refractivity contribution is 0.285. The molecule has 1 N–H and O–H groups in total. The minimum atomic E-state index is 0.600. The predicted octanol–water partition coefficient (Wildman–Crippen LogP) is 3.10. The van der Waals surface area contributed by atoms with E-state index in [0.29, 0.717) is 18.4 Å². The van der Waals surface area contributed by atoms with Gasteiger partial charge in [-0.1, -0.05) is 13.8 Å². The molecule has 16 heavy (non-hydrogen) atoms. The molecule has 1 aromatic heterocycles. The number of nitrogens with zero attached hydrogens (tertiary/aromatic N) is 2. The van der Waals surface area contributed by atoms with Gasteiger partial charge in [-0.15, -0.1) is 0 Å². The van der Waals surface area contributed by atoms with E-state index < -0.39 is 0 Å². The number of halogens is 1. The molecule has 0 saturated heterocycles. The van der Waals surface area contributed by atoms with E-state index in [2.05, 4.69) is 45.1 Å². The molecular weight excluding hydrogens is 270 g/mol. The Labute approximate surface area is 105 Å². The van der Waals surface area contributed by atoms with Gasteiger partial charge in [0.25, 0.3) is 0 Å². The third-order valence-corrected chi connectivity index (χ3v) is 2.87. The molecule has 0 radical (unpaired) electrons. The molecule has 1 rings (SSSR count). The first-order chi connectivity index (χ1) is 7.65. The highest BCUT2D eigenvalue weighted by Gasteiger charge is 2.08. The summed E-state index contributed by atoms with van der Waals surface area (Å²) in [6, 6.07) is 0. The van der Waals surface area contributed by atoms with E-state index in [1.165, 1.54) is 12.7 Å². The van der Waals surface area contributed by atoms with Crippen molar-refractivity contribution >= 4 is 21.7 Å². The van der Waals surface area contributed by atoms with Crippen molar-refractivity contribution in [2.24, 2.45) is 5.92 Å². The van der Waals surface area contributed by atoms with Gasteiger partial charge in [-0.2, -0.15) is 0 Å². The van der Waals surface area contributed by atoms with Crippen LogP contribution in [0.4, 0.5) is 5.82 Å². The number of ether oxygens (including phenoxy) is 1. The Kier molecular flexibility index (Phi) is 5.52. The van der Waals surface area contributed by atoms with Gasteiger partial charge in [-0.3, -0.25) is 0 Å². The zero-order valence-electron chi connectivity index (χ0n) is 9.96. The minimum Gasteiger partial charge on any atom is -0.477 e. The van der Waals surface area contributed by atoms with Crippen LogP contribution in [-0.4, -0.2) is 23.6 Å². The Balaban J connectivity index is 2.47. The molecule has 4 nitrogen and oxygen atoms in total. The third-order valence-electron chi connectivity index (χ3n) is 2.16. The molecule has 90 valence electrons.